The second kappa shape index (κ2) is 6.51. The summed E-state index contributed by atoms with van der Waals surface area (Å²) in [5.41, 5.74) is 1.79. The van der Waals surface area contributed by atoms with Gasteiger partial charge in [-0.2, -0.15) is 14.6 Å². The van der Waals surface area contributed by atoms with Gasteiger partial charge in [0.25, 0.3) is 11.3 Å². The molecule has 1 aliphatic rings. The highest BCUT2D eigenvalue weighted by Crippen LogP contribution is 2.33. The smallest absolute Gasteiger partial charge is 0.262 e. The fourth-order valence-electron chi connectivity index (χ4n) is 4.38. The molecule has 0 bridgehead atoms. The number of aromatic nitrogens is 5. The number of nitrogens with zero attached hydrogens (tertiary/aromatic N) is 5. The molecule has 0 amide bonds. The van der Waals surface area contributed by atoms with Gasteiger partial charge in [-0.25, -0.2) is 9.37 Å². The normalized spacial score (nSPS) is 20.1. The van der Waals surface area contributed by atoms with Gasteiger partial charge in [0.2, 0.25) is 0 Å². The lowest BCUT2D eigenvalue weighted by atomic mass is 9.85. The summed E-state index contributed by atoms with van der Waals surface area (Å²) < 4.78 is 16.9. The van der Waals surface area contributed by atoms with Crippen molar-refractivity contribution in [1.29, 1.82) is 0 Å². The van der Waals surface area contributed by atoms with Crippen LogP contribution in [0, 0.1) is 11.7 Å². The predicted octanol–water partition coefficient (Wildman–Crippen LogP) is 4.00. The third kappa shape index (κ3) is 2.61. The van der Waals surface area contributed by atoms with Crippen molar-refractivity contribution in [2.75, 3.05) is 0 Å². The lowest BCUT2D eigenvalue weighted by Gasteiger charge is -2.30. The number of pyridine rings is 1. The molecule has 1 fully saturated rings. The van der Waals surface area contributed by atoms with E-state index in [-0.39, 0.29) is 17.4 Å². The van der Waals surface area contributed by atoms with Crippen LogP contribution in [-0.4, -0.2) is 24.1 Å². The molecule has 7 heteroatoms. The summed E-state index contributed by atoms with van der Waals surface area (Å²) in [6.45, 7) is 2.21. The van der Waals surface area contributed by atoms with Crippen molar-refractivity contribution in [3.8, 4) is 11.3 Å². The fraction of sp³-hybridized carbons (Fsp3) is 0.333. The Kier molecular flexibility index (Phi) is 3.96. The van der Waals surface area contributed by atoms with Gasteiger partial charge in [-0.05, 0) is 49.1 Å². The number of fused-ring (bicyclic) bond motifs is 2. The Balaban J connectivity index is 1.84. The third-order valence-corrected chi connectivity index (χ3v) is 5.84. The Morgan fingerprint density at radius 2 is 1.89 bits per heavy atom. The van der Waals surface area contributed by atoms with E-state index in [0.29, 0.717) is 33.9 Å². The molecule has 0 N–H and O–H groups in total. The maximum Gasteiger partial charge on any atom is 0.262 e. The number of rotatable bonds is 2. The van der Waals surface area contributed by atoms with Crippen LogP contribution < -0.4 is 5.56 Å². The van der Waals surface area contributed by atoms with Gasteiger partial charge in [-0.1, -0.05) is 19.8 Å². The van der Waals surface area contributed by atoms with Crippen LogP contribution in [0.2, 0.25) is 0 Å². The van der Waals surface area contributed by atoms with Gasteiger partial charge in [-0.15, -0.1) is 0 Å². The monoisotopic (exact) mass is 377 g/mol. The highest BCUT2D eigenvalue weighted by atomic mass is 19.1. The standard InChI is InChI=1S/C21H20FN5O/c1-13-4-2-3-5-17(13)26-11-10-16-18(20(26)28)19(14-6-8-15(22)9-7-14)27-21(25-16)23-12-24-27/h6-13,17H,2-5H2,1H3/t13-,17-/m0/s1. The van der Waals surface area contributed by atoms with Crippen molar-refractivity contribution in [1.82, 2.24) is 24.1 Å². The summed E-state index contributed by atoms with van der Waals surface area (Å²) >= 11 is 0. The predicted molar refractivity (Wildman–Crippen MR) is 105 cm³/mol. The SMILES string of the molecule is C[C@H]1CCCC[C@@H]1n1ccc2nc3ncnn3c(-c3ccc(F)cc3)c2c1=O. The van der Waals surface area contributed by atoms with E-state index in [1.807, 2.05) is 16.8 Å². The van der Waals surface area contributed by atoms with Crippen LogP contribution in [0.3, 0.4) is 0 Å². The summed E-state index contributed by atoms with van der Waals surface area (Å²) in [6, 6.07) is 8.14. The Morgan fingerprint density at radius 1 is 1.11 bits per heavy atom. The van der Waals surface area contributed by atoms with E-state index in [1.54, 1.807) is 16.6 Å². The molecule has 3 heterocycles. The maximum absolute atomic E-state index is 13.6. The molecule has 3 aromatic heterocycles. The van der Waals surface area contributed by atoms with Gasteiger partial charge in [0, 0.05) is 17.8 Å². The topological polar surface area (TPSA) is 65.1 Å². The molecule has 1 aliphatic carbocycles. The van der Waals surface area contributed by atoms with Crippen molar-refractivity contribution in [2.45, 2.75) is 38.6 Å². The highest BCUT2D eigenvalue weighted by Gasteiger charge is 2.25. The summed E-state index contributed by atoms with van der Waals surface area (Å²) in [7, 11) is 0. The fourth-order valence-corrected chi connectivity index (χ4v) is 4.38. The molecule has 4 aromatic rings. The Labute approximate surface area is 160 Å². The summed E-state index contributed by atoms with van der Waals surface area (Å²) in [5, 5.41) is 4.76. The van der Waals surface area contributed by atoms with E-state index in [4.69, 9.17) is 0 Å². The Bertz CT molecular complexity index is 1230. The van der Waals surface area contributed by atoms with Crippen molar-refractivity contribution < 1.29 is 4.39 Å². The van der Waals surface area contributed by atoms with Crippen LogP contribution in [0.25, 0.3) is 27.9 Å². The van der Waals surface area contributed by atoms with E-state index >= 15 is 0 Å². The van der Waals surface area contributed by atoms with Gasteiger partial charge in [-0.3, -0.25) is 4.79 Å². The van der Waals surface area contributed by atoms with Crippen molar-refractivity contribution in [3.05, 3.63) is 59.0 Å². The van der Waals surface area contributed by atoms with E-state index in [1.165, 1.54) is 24.9 Å². The first-order valence-electron chi connectivity index (χ1n) is 9.64. The maximum atomic E-state index is 13.6. The first kappa shape index (κ1) is 17.0. The zero-order chi connectivity index (χ0) is 19.3. The molecule has 0 spiro atoms. The van der Waals surface area contributed by atoms with Crippen LogP contribution in [0.1, 0.15) is 38.6 Å². The molecular formula is C21H20FN5O. The molecule has 0 radical (unpaired) electrons. The number of halogens is 1. The van der Waals surface area contributed by atoms with Crippen LogP contribution in [0.15, 0.2) is 47.7 Å². The zero-order valence-corrected chi connectivity index (χ0v) is 15.5. The van der Waals surface area contributed by atoms with Crippen molar-refractivity contribution in [3.63, 3.8) is 0 Å². The molecule has 0 aliphatic heterocycles. The van der Waals surface area contributed by atoms with E-state index in [0.717, 1.165) is 19.3 Å². The second-order valence-electron chi connectivity index (χ2n) is 7.56. The molecular weight excluding hydrogens is 357 g/mol. The zero-order valence-electron chi connectivity index (χ0n) is 15.5. The Morgan fingerprint density at radius 3 is 2.68 bits per heavy atom. The van der Waals surface area contributed by atoms with Gasteiger partial charge in [0.05, 0.1) is 16.6 Å². The third-order valence-electron chi connectivity index (χ3n) is 5.84. The van der Waals surface area contributed by atoms with Crippen LogP contribution >= 0.6 is 0 Å². The molecule has 1 aromatic carbocycles. The highest BCUT2D eigenvalue weighted by molar-refractivity contribution is 5.93. The van der Waals surface area contributed by atoms with E-state index in [9.17, 15) is 9.18 Å². The molecule has 5 rings (SSSR count). The van der Waals surface area contributed by atoms with Gasteiger partial charge >= 0.3 is 0 Å². The van der Waals surface area contributed by atoms with E-state index < -0.39 is 0 Å². The second-order valence-corrected chi connectivity index (χ2v) is 7.56. The minimum absolute atomic E-state index is 0.0829. The van der Waals surface area contributed by atoms with Crippen molar-refractivity contribution >= 4 is 16.7 Å². The van der Waals surface area contributed by atoms with Crippen LogP contribution in [0.4, 0.5) is 4.39 Å². The largest absolute Gasteiger partial charge is 0.311 e. The molecule has 2 atom stereocenters. The molecule has 1 saturated carbocycles. The van der Waals surface area contributed by atoms with Gasteiger partial charge < -0.3 is 4.57 Å². The lowest BCUT2D eigenvalue weighted by Crippen LogP contribution is -2.30. The average Bonchev–Trinajstić information content (AvgIpc) is 3.16. The minimum Gasteiger partial charge on any atom is -0.311 e. The van der Waals surface area contributed by atoms with Gasteiger partial charge in [0.15, 0.2) is 0 Å². The summed E-state index contributed by atoms with van der Waals surface area (Å²) in [5.74, 6) is 0.529. The molecule has 142 valence electrons. The van der Waals surface area contributed by atoms with Gasteiger partial charge in [0.1, 0.15) is 12.1 Å². The molecule has 6 nitrogen and oxygen atoms in total. The summed E-state index contributed by atoms with van der Waals surface area (Å²) in [4.78, 5) is 22.3. The van der Waals surface area contributed by atoms with Crippen molar-refractivity contribution in [2.24, 2.45) is 5.92 Å². The number of hydrogen-bond donors (Lipinski definition) is 0. The van der Waals surface area contributed by atoms with Crippen LogP contribution in [0.5, 0.6) is 0 Å². The molecule has 28 heavy (non-hydrogen) atoms. The molecule has 0 unspecified atom stereocenters. The van der Waals surface area contributed by atoms with Crippen LogP contribution in [-0.2, 0) is 0 Å². The van der Waals surface area contributed by atoms with E-state index in [2.05, 4.69) is 22.0 Å². The molecule has 0 saturated heterocycles. The Hall–Kier alpha value is -3.09. The number of hydrogen-bond acceptors (Lipinski definition) is 4. The summed E-state index contributed by atoms with van der Waals surface area (Å²) in [6.07, 6.45) is 7.73. The first-order chi connectivity index (χ1) is 13.6. The lowest BCUT2D eigenvalue weighted by molar-refractivity contribution is 0.253. The average molecular weight is 377 g/mol. The minimum atomic E-state index is -0.328. The number of benzene rings is 1. The quantitative estimate of drug-likeness (QED) is 0.530. The first-order valence-corrected chi connectivity index (χ1v) is 9.64.